The molecule has 0 aliphatic carbocycles. The molecule has 1 saturated heterocycles. The van der Waals surface area contributed by atoms with Crippen LogP contribution in [0.5, 0.6) is 0 Å². The van der Waals surface area contributed by atoms with Crippen molar-refractivity contribution in [2.75, 3.05) is 24.5 Å². The molecule has 29 heavy (non-hydrogen) atoms. The van der Waals surface area contributed by atoms with Crippen molar-refractivity contribution in [2.24, 2.45) is 5.92 Å². The topological polar surface area (TPSA) is 75.4 Å². The van der Waals surface area contributed by atoms with E-state index in [2.05, 4.69) is 20.6 Å². The van der Waals surface area contributed by atoms with Gasteiger partial charge in [-0.05, 0) is 42.8 Å². The number of carbonyl (C=O) groups excluding carboxylic acids is 1. The maximum atomic E-state index is 13.1. The summed E-state index contributed by atoms with van der Waals surface area (Å²) in [6, 6.07) is 7.07. The minimum absolute atomic E-state index is 0.0287. The molecule has 0 saturated carbocycles. The quantitative estimate of drug-likeness (QED) is 0.682. The Morgan fingerprint density at radius 2 is 2.14 bits per heavy atom. The zero-order valence-corrected chi connectivity index (χ0v) is 16.2. The summed E-state index contributed by atoms with van der Waals surface area (Å²) in [7, 11) is 0. The fourth-order valence-corrected chi connectivity index (χ4v) is 4.14. The molecule has 1 amide bonds. The average molecular weight is 424 g/mol. The van der Waals surface area contributed by atoms with E-state index < -0.39 is 12.0 Å². The molecule has 4 rings (SSSR count). The van der Waals surface area contributed by atoms with Crippen molar-refractivity contribution in [3.05, 3.63) is 40.3 Å². The lowest BCUT2D eigenvalue weighted by Gasteiger charge is -2.32. The van der Waals surface area contributed by atoms with Crippen LogP contribution in [-0.4, -0.2) is 45.4 Å². The van der Waals surface area contributed by atoms with E-state index in [1.807, 2.05) is 22.4 Å². The van der Waals surface area contributed by atoms with Crippen molar-refractivity contribution in [3.8, 4) is 0 Å². The second kappa shape index (κ2) is 7.97. The highest BCUT2D eigenvalue weighted by Gasteiger charge is 2.38. The first-order valence-electron chi connectivity index (χ1n) is 9.26. The van der Waals surface area contributed by atoms with Gasteiger partial charge < -0.3 is 10.2 Å². The van der Waals surface area contributed by atoms with Crippen LogP contribution in [0.3, 0.4) is 0 Å². The highest BCUT2D eigenvalue weighted by atomic mass is 32.1. The number of piperidine rings is 1. The van der Waals surface area contributed by atoms with Crippen molar-refractivity contribution < 1.29 is 18.0 Å². The molecular weight excluding hydrogens is 405 g/mol. The summed E-state index contributed by atoms with van der Waals surface area (Å²) >= 11 is 1.65. The number of nitrogens with one attached hydrogen (secondary N) is 1. The maximum Gasteiger partial charge on any atom is 0.453 e. The number of fused-ring (bicyclic) bond motifs is 1. The molecule has 1 aliphatic heterocycles. The van der Waals surface area contributed by atoms with E-state index >= 15 is 0 Å². The third-order valence-corrected chi connectivity index (χ3v) is 5.81. The van der Waals surface area contributed by atoms with Crippen LogP contribution in [0.2, 0.25) is 0 Å². The zero-order valence-electron chi connectivity index (χ0n) is 15.4. The number of carbonyl (C=O) groups is 1. The molecule has 0 aromatic carbocycles. The van der Waals surface area contributed by atoms with Gasteiger partial charge in [0.2, 0.25) is 5.91 Å². The van der Waals surface area contributed by atoms with Crippen LogP contribution in [0.1, 0.15) is 23.5 Å². The van der Waals surface area contributed by atoms with Gasteiger partial charge in [0.05, 0.1) is 5.92 Å². The fourth-order valence-electron chi connectivity index (χ4n) is 3.43. The summed E-state index contributed by atoms with van der Waals surface area (Å²) in [6.07, 6.45) is -2.36. The zero-order chi connectivity index (χ0) is 20.4. The molecular formula is C18H19F3N6OS. The van der Waals surface area contributed by atoms with E-state index in [1.165, 1.54) is 10.9 Å². The highest BCUT2D eigenvalue weighted by molar-refractivity contribution is 7.09. The van der Waals surface area contributed by atoms with Crippen LogP contribution < -0.4 is 10.2 Å². The van der Waals surface area contributed by atoms with E-state index in [0.29, 0.717) is 30.0 Å². The number of thiophene rings is 1. The van der Waals surface area contributed by atoms with Crippen molar-refractivity contribution in [1.82, 2.24) is 25.1 Å². The molecule has 3 aromatic heterocycles. The number of halogens is 3. The first-order valence-corrected chi connectivity index (χ1v) is 10.1. The van der Waals surface area contributed by atoms with E-state index in [4.69, 9.17) is 0 Å². The van der Waals surface area contributed by atoms with Gasteiger partial charge in [0.1, 0.15) is 5.82 Å². The van der Waals surface area contributed by atoms with Crippen LogP contribution in [-0.2, 0) is 17.4 Å². The second-order valence-corrected chi connectivity index (χ2v) is 7.92. The van der Waals surface area contributed by atoms with Gasteiger partial charge in [0.25, 0.3) is 5.82 Å². The average Bonchev–Trinajstić information content (AvgIpc) is 3.36. The number of anilines is 1. The van der Waals surface area contributed by atoms with Crippen LogP contribution >= 0.6 is 11.3 Å². The molecule has 1 aliphatic rings. The number of amides is 1. The molecule has 1 fully saturated rings. The molecule has 4 heterocycles. The summed E-state index contributed by atoms with van der Waals surface area (Å²) in [5.74, 6) is -1.05. The Morgan fingerprint density at radius 1 is 1.28 bits per heavy atom. The number of rotatable bonds is 5. The van der Waals surface area contributed by atoms with Crippen LogP contribution in [0.4, 0.5) is 19.0 Å². The molecule has 0 unspecified atom stereocenters. The minimum Gasteiger partial charge on any atom is -0.355 e. The van der Waals surface area contributed by atoms with Crippen molar-refractivity contribution in [2.45, 2.75) is 25.4 Å². The Morgan fingerprint density at radius 3 is 2.90 bits per heavy atom. The second-order valence-electron chi connectivity index (χ2n) is 6.89. The van der Waals surface area contributed by atoms with Gasteiger partial charge in [-0.15, -0.1) is 26.6 Å². The Balaban J connectivity index is 1.43. The van der Waals surface area contributed by atoms with Gasteiger partial charge in [-0.2, -0.15) is 17.7 Å². The highest BCUT2D eigenvalue weighted by Crippen LogP contribution is 2.28. The van der Waals surface area contributed by atoms with Crippen LogP contribution in [0.15, 0.2) is 29.6 Å². The Kier molecular flexibility index (Phi) is 5.39. The lowest BCUT2D eigenvalue weighted by molar-refractivity contribution is -0.146. The van der Waals surface area contributed by atoms with Crippen molar-refractivity contribution in [1.29, 1.82) is 0 Å². The number of hydrogen-bond donors (Lipinski definition) is 1. The number of hydrogen-bond acceptors (Lipinski definition) is 6. The summed E-state index contributed by atoms with van der Waals surface area (Å²) < 4.78 is 40.0. The predicted molar refractivity (Wildman–Crippen MR) is 102 cm³/mol. The third-order valence-electron chi connectivity index (χ3n) is 4.87. The summed E-state index contributed by atoms with van der Waals surface area (Å²) in [4.78, 5) is 15.6. The number of alkyl halides is 3. The molecule has 0 spiro atoms. The van der Waals surface area contributed by atoms with Gasteiger partial charge in [0, 0.05) is 24.5 Å². The van der Waals surface area contributed by atoms with E-state index in [-0.39, 0.29) is 17.5 Å². The van der Waals surface area contributed by atoms with Crippen molar-refractivity contribution in [3.63, 3.8) is 0 Å². The first kappa shape index (κ1) is 19.6. The Labute approximate surface area is 168 Å². The van der Waals surface area contributed by atoms with Crippen LogP contribution in [0.25, 0.3) is 5.65 Å². The molecule has 7 nitrogen and oxygen atoms in total. The largest absolute Gasteiger partial charge is 0.453 e. The van der Waals surface area contributed by atoms with E-state index in [1.54, 1.807) is 17.4 Å². The van der Waals surface area contributed by atoms with Gasteiger partial charge >= 0.3 is 6.18 Å². The standard InChI is InChI=1S/C18H19F3N6OS/c19-18(20,21)17-24-23-14-5-6-15(25-27(14)17)26-9-1-3-12(11-26)16(28)22-8-7-13-4-2-10-29-13/h2,4-6,10,12H,1,3,7-9,11H2,(H,22,28)/t12-/m0/s1. The lowest BCUT2D eigenvalue weighted by atomic mass is 9.97. The van der Waals surface area contributed by atoms with E-state index in [0.717, 1.165) is 19.3 Å². The molecule has 3 aromatic rings. The molecule has 0 radical (unpaired) electrons. The monoisotopic (exact) mass is 424 g/mol. The van der Waals surface area contributed by atoms with Gasteiger partial charge in [0.15, 0.2) is 5.65 Å². The van der Waals surface area contributed by atoms with E-state index in [9.17, 15) is 18.0 Å². The SMILES string of the molecule is O=C(NCCc1cccs1)[C@H]1CCCN(c2ccc3nnc(C(F)(F)F)n3n2)C1. The smallest absolute Gasteiger partial charge is 0.355 e. The summed E-state index contributed by atoms with van der Waals surface area (Å²) in [5, 5.41) is 15.8. The van der Waals surface area contributed by atoms with Crippen LogP contribution in [0, 0.1) is 5.92 Å². The molecule has 11 heteroatoms. The minimum atomic E-state index is -4.64. The molecule has 1 N–H and O–H groups in total. The summed E-state index contributed by atoms with van der Waals surface area (Å²) in [6.45, 7) is 1.60. The molecule has 154 valence electrons. The molecule has 1 atom stereocenters. The van der Waals surface area contributed by atoms with Gasteiger partial charge in [-0.25, -0.2) is 0 Å². The normalized spacial score (nSPS) is 17.6. The Bertz CT molecular complexity index is 987. The predicted octanol–water partition coefficient (Wildman–Crippen LogP) is 2.78. The third kappa shape index (κ3) is 4.34. The molecule has 0 bridgehead atoms. The Hall–Kier alpha value is -2.69. The van der Waals surface area contributed by atoms with Gasteiger partial charge in [-0.3, -0.25) is 4.79 Å². The number of aromatic nitrogens is 4. The summed E-state index contributed by atoms with van der Waals surface area (Å²) in [5.41, 5.74) is 0.0287. The van der Waals surface area contributed by atoms with Crippen molar-refractivity contribution >= 4 is 28.7 Å². The maximum absolute atomic E-state index is 13.1. The lowest BCUT2D eigenvalue weighted by Crippen LogP contribution is -2.44. The fraction of sp³-hybridized carbons (Fsp3) is 0.444. The van der Waals surface area contributed by atoms with Gasteiger partial charge in [-0.1, -0.05) is 6.07 Å². The number of nitrogens with zero attached hydrogens (tertiary/aromatic N) is 5. The first-order chi connectivity index (χ1) is 13.9.